The summed E-state index contributed by atoms with van der Waals surface area (Å²) in [5.41, 5.74) is 10.8. The summed E-state index contributed by atoms with van der Waals surface area (Å²) >= 11 is 5.95. The number of piperazine rings is 1. The molecule has 0 aliphatic carbocycles. The van der Waals surface area contributed by atoms with Gasteiger partial charge in [0.15, 0.2) is 5.11 Å². The lowest BCUT2D eigenvalue weighted by Crippen LogP contribution is -2.48. The number of hydrogen-bond donors (Lipinski definition) is 2. The molecule has 0 atom stereocenters. The highest BCUT2D eigenvalue weighted by molar-refractivity contribution is 7.80. The number of aromatic nitrogens is 4. The Labute approximate surface area is 250 Å². The van der Waals surface area contributed by atoms with E-state index in [9.17, 15) is 4.79 Å². The van der Waals surface area contributed by atoms with Gasteiger partial charge in [0.05, 0.1) is 18.9 Å². The maximum atomic E-state index is 13.3. The van der Waals surface area contributed by atoms with Gasteiger partial charge in [0.25, 0.3) is 5.91 Å². The summed E-state index contributed by atoms with van der Waals surface area (Å²) in [6.45, 7) is 11.7. The van der Waals surface area contributed by atoms with Crippen LogP contribution in [0.2, 0.25) is 0 Å². The molecule has 12 nitrogen and oxygen atoms in total. The van der Waals surface area contributed by atoms with Crippen LogP contribution in [0.3, 0.4) is 0 Å². The molecule has 3 aromatic rings. The fourth-order valence-corrected chi connectivity index (χ4v) is 5.86. The molecule has 6 rings (SSSR count). The van der Waals surface area contributed by atoms with Crippen LogP contribution in [0.4, 0.5) is 23.4 Å². The van der Waals surface area contributed by atoms with Crippen LogP contribution in [0, 0.1) is 6.92 Å². The molecular weight excluding hydrogens is 552 g/mol. The van der Waals surface area contributed by atoms with Gasteiger partial charge in [-0.1, -0.05) is 13.0 Å². The summed E-state index contributed by atoms with van der Waals surface area (Å²) in [4.78, 5) is 40.1. The topological polar surface area (TPSA) is 129 Å². The van der Waals surface area contributed by atoms with Gasteiger partial charge in [0.1, 0.15) is 5.82 Å². The summed E-state index contributed by atoms with van der Waals surface area (Å²) in [5, 5.41) is 3.93. The number of thiocarbonyl (C=S) groups is 1. The van der Waals surface area contributed by atoms with Crippen molar-refractivity contribution in [1.82, 2.24) is 29.7 Å². The van der Waals surface area contributed by atoms with Gasteiger partial charge in [-0.15, -0.1) is 0 Å². The molecule has 3 aliphatic rings. The third-order valence-corrected chi connectivity index (χ3v) is 8.45. The van der Waals surface area contributed by atoms with Gasteiger partial charge in [-0.05, 0) is 49.8 Å². The smallest absolute Gasteiger partial charge is 0.254 e. The zero-order chi connectivity index (χ0) is 29.2. The number of hydrogen-bond acceptors (Lipinski definition) is 10. The number of nitrogens with two attached hydrogens (primary N) is 1. The molecule has 0 saturated carbocycles. The number of anilines is 4. The van der Waals surface area contributed by atoms with Crippen LogP contribution in [-0.2, 0) is 11.2 Å². The molecule has 1 aromatic carbocycles. The highest BCUT2D eigenvalue weighted by atomic mass is 32.1. The minimum atomic E-state index is 0.0458. The second-order valence-electron chi connectivity index (χ2n) is 10.7. The fourth-order valence-electron chi connectivity index (χ4n) is 5.57. The Morgan fingerprint density at radius 3 is 2.50 bits per heavy atom. The normalized spacial score (nSPS) is 17.3. The number of ether oxygens (including phenoxy) is 1. The standard InChI is InChI=1S/C29H36N10O2S/c1-3-36-8-10-37(11-9-36)26(40)20-5-4-19(2)23(16-20)33-29(42)39-7-6-22-24(21-17-31-27(30)32-18-21)34-28(35-25(22)39)38-12-14-41-15-13-38/h4-5,16-18H,3,6-15H2,1-2H3,(H,33,42)(H2,30,31,32). The molecule has 13 heteroatoms. The molecular formula is C29H36N10O2S. The maximum absolute atomic E-state index is 13.3. The predicted molar refractivity (Wildman–Crippen MR) is 167 cm³/mol. The van der Waals surface area contributed by atoms with Crippen molar-refractivity contribution < 1.29 is 9.53 Å². The largest absolute Gasteiger partial charge is 0.378 e. The summed E-state index contributed by atoms with van der Waals surface area (Å²) in [6, 6.07) is 5.77. The minimum absolute atomic E-state index is 0.0458. The van der Waals surface area contributed by atoms with E-state index in [2.05, 4.69) is 32.0 Å². The number of morpholine rings is 1. The SMILES string of the molecule is CCN1CCN(C(=O)c2ccc(C)c(NC(=S)N3CCc4c(-c5cnc(N)nc5)nc(N5CCOCC5)nc43)c2)CC1. The van der Waals surface area contributed by atoms with Crippen molar-refractivity contribution >= 4 is 46.6 Å². The van der Waals surface area contributed by atoms with Crippen molar-refractivity contribution in [3.8, 4) is 11.3 Å². The Morgan fingerprint density at radius 2 is 1.79 bits per heavy atom. The number of amides is 1. The number of likely N-dealkylation sites (N-methyl/N-ethyl adjacent to an activating group) is 1. The number of fused-ring (bicyclic) bond motifs is 1. The average Bonchev–Trinajstić information content (AvgIpc) is 3.46. The van der Waals surface area contributed by atoms with Gasteiger partial charge >= 0.3 is 0 Å². The number of nitrogens with one attached hydrogen (secondary N) is 1. The molecule has 3 aliphatic heterocycles. The molecule has 42 heavy (non-hydrogen) atoms. The van der Waals surface area contributed by atoms with Gasteiger partial charge in [-0.25, -0.2) is 15.0 Å². The lowest BCUT2D eigenvalue weighted by Gasteiger charge is -2.34. The summed E-state index contributed by atoms with van der Waals surface area (Å²) in [7, 11) is 0. The number of nitrogens with zero attached hydrogens (tertiary/aromatic N) is 8. The van der Waals surface area contributed by atoms with E-state index in [0.29, 0.717) is 55.9 Å². The lowest BCUT2D eigenvalue weighted by atomic mass is 10.1. The van der Waals surface area contributed by atoms with Crippen LogP contribution in [-0.4, -0.2) is 106 Å². The highest BCUT2D eigenvalue weighted by Crippen LogP contribution is 2.36. The molecule has 5 heterocycles. The van der Waals surface area contributed by atoms with Gasteiger partial charge in [0.2, 0.25) is 11.9 Å². The summed E-state index contributed by atoms with van der Waals surface area (Å²) in [6.07, 6.45) is 4.10. The number of benzene rings is 1. The predicted octanol–water partition coefficient (Wildman–Crippen LogP) is 2.20. The van der Waals surface area contributed by atoms with Gasteiger partial charge in [-0.3, -0.25) is 4.79 Å². The van der Waals surface area contributed by atoms with E-state index < -0.39 is 0 Å². The lowest BCUT2D eigenvalue weighted by molar-refractivity contribution is 0.0643. The van der Waals surface area contributed by atoms with E-state index >= 15 is 0 Å². The van der Waals surface area contributed by atoms with E-state index in [-0.39, 0.29) is 11.9 Å². The van der Waals surface area contributed by atoms with Gasteiger partial charge < -0.3 is 35.4 Å². The average molecular weight is 589 g/mol. The Balaban J connectivity index is 1.27. The molecule has 0 bridgehead atoms. The second kappa shape index (κ2) is 12.1. The van der Waals surface area contributed by atoms with Crippen LogP contribution >= 0.6 is 12.2 Å². The molecule has 1 amide bonds. The number of carbonyl (C=O) groups is 1. The van der Waals surface area contributed by atoms with Crippen molar-refractivity contribution in [3.63, 3.8) is 0 Å². The van der Waals surface area contributed by atoms with E-state index in [0.717, 1.165) is 66.6 Å². The van der Waals surface area contributed by atoms with Gasteiger partial charge in [-0.2, -0.15) is 4.98 Å². The molecule has 0 radical (unpaired) electrons. The monoisotopic (exact) mass is 588 g/mol. The van der Waals surface area contributed by atoms with Crippen LogP contribution in [0.5, 0.6) is 0 Å². The van der Waals surface area contributed by atoms with E-state index in [1.54, 1.807) is 12.4 Å². The van der Waals surface area contributed by atoms with Crippen LogP contribution in [0.25, 0.3) is 11.3 Å². The van der Waals surface area contributed by atoms with E-state index in [1.807, 2.05) is 34.9 Å². The molecule has 0 spiro atoms. The van der Waals surface area contributed by atoms with Crippen LogP contribution < -0.4 is 20.9 Å². The van der Waals surface area contributed by atoms with Crippen LogP contribution in [0.1, 0.15) is 28.4 Å². The molecule has 2 aromatic heterocycles. The zero-order valence-electron chi connectivity index (χ0n) is 24.0. The van der Waals surface area contributed by atoms with Crippen LogP contribution in [0.15, 0.2) is 30.6 Å². The molecule has 3 N–H and O–H groups in total. The quantitative estimate of drug-likeness (QED) is 0.424. The van der Waals surface area contributed by atoms with Crippen molar-refractivity contribution in [2.24, 2.45) is 0 Å². The molecule has 2 fully saturated rings. The summed E-state index contributed by atoms with van der Waals surface area (Å²) in [5.74, 6) is 1.63. The van der Waals surface area contributed by atoms with Crippen molar-refractivity contribution in [2.45, 2.75) is 20.3 Å². The van der Waals surface area contributed by atoms with Crippen molar-refractivity contribution in [3.05, 3.63) is 47.3 Å². The van der Waals surface area contributed by atoms with Gasteiger partial charge in [0, 0.05) is 80.6 Å². The van der Waals surface area contributed by atoms with Crippen molar-refractivity contribution in [2.75, 3.05) is 86.4 Å². The second-order valence-corrected chi connectivity index (χ2v) is 11.1. The van der Waals surface area contributed by atoms with Crippen molar-refractivity contribution in [1.29, 1.82) is 0 Å². The Kier molecular flexibility index (Phi) is 8.13. The molecule has 2 saturated heterocycles. The maximum Gasteiger partial charge on any atom is 0.254 e. The number of aryl methyl sites for hydroxylation is 1. The molecule has 0 unspecified atom stereocenters. The Hall–Kier alpha value is -3.94. The third kappa shape index (κ3) is 5.72. The first-order valence-corrected chi connectivity index (χ1v) is 14.8. The third-order valence-electron chi connectivity index (χ3n) is 8.13. The zero-order valence-corrected chi connectivity index (χ0v) is 24.9. The number of carbonyl (C=O) groups excluding carboxylic acids is 1. The minimum Gasteiger partial charge on any atom is -0.378 e. The van der Waals surface area contributed by atoms with E-state index in [4.69, 9.17) is 32.7 Å². The number of rotatable bonds is 5. The first-order chi connectivity index (χ1) is 20.4. The first kappa shape index (κ1) is 28.2. The Morgan fingerprint density at radius 1 is 1.05 bits per heavy atom. The fraction of sp³-hybridized carbons (Fsp3) is 0.448. The summed E-state index contributed by atoms with van der Waals surface area (Å²) < 4.78 is 5.55. The Bertz CT molecular complexity index is 1470. The van der Waals surface area contributed by atoms with E-state index in [1.165, 1.54) is 0 Å². The number of nitrogen functional groups attached to an aromatic ring is 1. The first-order valence-electron chi connectivity index (χ1n) is 14.4. The molecule has 220 valence electrons. The highest BCUT2D eigenvalue weighted by Gasteiger charge is 2.31.